The molecule has 0 atom stereocenters. The van der Waals surface area contributed by atoms with Crippen molar-refractivity contribution < 1.29 is 9.47 Å². The van der Waals surface area contributed by atoms with Gasteiger partial charge in [0.15, 0.2) is 5.82 Å². The molecule has 1 heterocycles. The summed E-state index contributed by atoms with van der Waals surface area (Å²) in [7, 11) is 3.20. The van der Waals surface area contributed by atoms with Gasteiger partial charge >= 0.3 is 0 Å². The average Bonchev–Trinajstić information content (AvgIpc) is 2.63. The van der Waals surface area contributed by atoms with E-state index in [2.05, 4.69) is 25.8 Å². The van der Waals surface area contributed by atoms with Crippen molar-refractivity contribution in [1.82, 2.24) is 15.2 Å². The highest BCUT2D eigenvalue weighted by molar-refractivity contribution is 6.31. The van der Waals surface area contributed by atoms with Gasteiger partial charge in [-0.25, -0.2) is 0 Å². The minimum absolute atomic E-state index is 0.319. The molecule has 3 aromatic rings. The molecule has 8 heteroatoms. The van der Waals surface area contributed by atoms with Crippen LogP contribution in [0.3, 0.4) is 0 Å². The number of halogens is 1. The van der Waals surface area contributed by atoms with Gasteiger partial charge in [0.05, 0.1) is 26.1 Å². The number of benzene rings is 2. The summed E-state index contributed by atoms with van der Waals surface area (Å²) in [5, 5.41) is 14.7. The summed E-state index contributed by atoms with van der Waals surface area (Å²) in [6, 6.07) is 12.7. The summed E-state index contributed by atoms with van der Waals surface area (Å²) in [5.74, 6) is 2.27. The van der Waals surface area contributed by atoms with Gasteiger partial charge in [-0.05, 0) is 42.5 Å². The fraction of sp³-hybridized carbons (Fsp3) is 0.118. The average molecular weight is 358 g/mol. The number of hydrogen-bond acceptors (Lipinski definition) is 7. The normalized spacial score (nSPS) is 10.2. The van der Waals surface area contributed by atoms with Crippen LogP contribution >= 0.6 is 11.6 Å². The molecule has 0 aliphatic carbocycles. The summed E-state index contributed by atoms with van der Waals surface area (Å²) in [5.41, 5.74) is 1.51. The summed E-state index contributed by atoms with van der Waals surface area (Å²) in [6.07, 6.45) is 1.53. The number of anilines is 4. The van der Waals surface area contributed by atoms with Gasteiger partial charge in [-0.1, -0.05) is 11.6 Å². The molecule has 0 bridgehead atoms. The molecular weight excluding hydrogens is 342 g/mol. The van der Waals surface area contributed by atoms with Gasteiger partial charge in [0.2, 0.25) is 5.95 Å². The van der Waals surface area contributed by atoms with Crippen LogP contribution in [0.4, 0.5) is 23.1 Å². The van der Waals surface area contributed by atoms with Crippen molar-refractivity contribution in [3.05, 3.63) is 53.7 Å². The highest BCUT2D eigenvalue weighted by atomic mass is 35.5. The van der Waals surface area contributed by atoms with E-state index in [-0.39, 0.29) is 0 Å². The molecule has 2 aromatic carbocycles. The Hall–Kier alpha value is -3.06. The Balaban J connectivity index is 1.78. The van der Waals surface area contributed by atoms with Crippen molar-refractivity contribution in [2.24, 2.45) is 0 Å². The Kier molecular flexibility index (Phi) is 5.15. The number of hydrogen-bond donors (Lipinski definition) is 2. The molecule has 0 spiro atoms. The molecule has 7 nitrogen and oxygen atoms in total. The van der Waals surface area contributed by atoms with Crippen LogP contribution in [0.25, 0.3) is 0 Å². The lowest BCUT2D eigenvalue weighted by atomic mass is 10.3. The largest absolute Gasteiger partial charge is 0.497 e. The fourth-order valence-corrected chi connectivity index (χ4v) is 2.31. The lowest BCUT2D eigenvalue weighted by molar-refractivity contribution is 0.415. The van der Waals surface area contributed by atoms with E-state index in [1.165, 1.54) is 6.20 Å². The van der Waals surface area contributed by atoms with Gasteiger partial charge in [0, 0.05) is 10.7 Å². The highest BCUT2D eigenvalue weighted by Gasteiger charge is 2.07. The third kappa shape index (κ3) is 4.27. The second kappa shape index (κ2) is 7.67. The van der Waals surface area contributed by atoms with Crippen molar-refractivity contribution in [3.63, 3.8) is 0 Å². The van der Waals surface area contributed by atoms with Crippen LogP contribution < -0.4 is 20.1 Å². The number of ether oxygens (including phenoxy) is 2. The molecule has 0 radical (unpaired) electrons. The number of nitrogens with one attached hydrogen (secondary N) is 2. The molecule has 0 aliphatic rings. The number of methoxy groups -OCH3 is 2. The third-order valence-corrected chi connectivity index (χ3v) is 3.56. The van der Waals surface area contributed by atoms with Crippen molar-refractivity contribution in [1.29, 1.82) is 0 Å². The van der Waals surface area contributed by atoms with Crippen molar-refractivity contribution in [2.75, 3.05) is 24.9 Å². The van der Waals surface area contributed by atoms with Gasteiger partial charge in [0.25, 0.3) is 0 Å². The van der Waals surface area contributed by atoms with E-state index >= 15 is 0 Å². The first-order valence-corrected chi connectivity index (χ1v) is 7.77. The lowest BCUT2D eigenvalue weighted by Crippen LogP contribution is -2.03. The molecule has 3 rings (SSSR count). The Morgan fingerprint density at radius 2 is 1.76 bits per heavy atom. The molecule has 128 valence electrons. The molecular formula is C17H16ClN5O2. The van der Waals surface area contributed by atoms with Gasteiger partial charge in [0.1, 0.15) is 11.5 Å². The topological polar surface area (TPSA) is 81.2 Å². The van der Waals surface area contributed by atoms with Crippen LogP contribution in [0.5, 0.6) is 11.5 Å². The summed E-state index contributed by atoms with van der Waals surface area (Å²) >= 11 is 6.03. The molecule has 0 saturated heterocycles. The number of rotatable bonds is 6. The van der Waals surface area contributed by atoms with Crippen molar-refractivity contribution in [3.8, 4) is 11.5 Å². The third-order valence-electron chi connectivity index (χ3n) is 3.33. The summed E-state index contributed by atoms with van der Waals surface area (Å²) < 4.78 is 10.4. The zero-order valence-electron chi connectivity index (χ0n) is 13.7. The molecule has 0 saturated carbocycles. The molecule has 0 fully saturated rings. The summed E-state index contributed by atoms with van der Waals surface area (Å²) in [6.45, 7) is 0. The van der Waals surface area contributed by atoms with Crippen LogP contribution in [0.1, 0.15) is 0 Å². The minimum atomic E-state index is 0.319. The van der Waals surface area contributed by atoms with E-state index in [4.69, 9.17) is 21.1 Å². The first-order chi connectivity index (χ1) is 12.2. The van der Waals surface area contributed by atoms with E-state index in [1.807, 2.05) is 24.3 Å². The van der Waals surface area contributed by atoms with Crippen LogP contribution in [-0.4, -0.2) is 29.4 Å². The van der Waals surface area contributed by atoms with Gasteiger partial charge in [-0.15, -0.1) is 5.10 Å². The second-order valence-corrected chi connectivity index (χ2v) is 5.42. The smallest absolute Gasteiger partial charge is 0.249 e. The molecule has 25 heavy (non-hydrogen) atoms. The highest BCUT2D eigenvalue weighted by Crippen LogP contribution is 2.29. The van der Waals surface area contributed by atoms with Gasteiger partial charge in [-0.2, -0.15) is 10.1 Å². The number of aromatic nitrogens is 3. The van der Waals surface area contributed by atoms with E-state index in [1.54, 1.807) is 32.4 Å². The first kappa shape index (κ1) is 16.8. The Morgan fingerprint density at radius 1 is 0.960 bits per heavy atom. The standard InChI is InChI=1S/C17H16ClN5O2/c1-24-13-6-4-12(5-7-13)20-16-10-19-23-17(22-16)21-14-9-11(18)3-8-15(14)25-2/h3-10H,1-2H3,(H2,20,21,22,23). The SMILES string of the molecule is COc1ccc(Nc2cnnc(Nc3cc(Cl)ccc3OC)n2)cc1. The maximum Gasteiger partial charge on any atom is 0.249 e. The van der Waals surface area contributed by atoms with Gasteiger partial charge < -0.3 is 20.1 Å². The molecule has 0 unspecified atom stereocenters. The van der Waals surface area contributed by atoms with Gasteiger partial charge in [-0.3, -0.25) is 0 Å². The van der Waals surface area contributed by atoms with E-state index in [9.17, 15) is 0 Å². The maximum atomic E-state index is 6.03. The molecule has 0 aliphatic heterocycles. The lowest BCUT2D eigenvalue weighted by Gasteiger charge is -2.11. The zero-order chi connectivity index (χ0) is 17.6. The second-order valence-electron chi connectivity index (χ2n) is 4.99. The monoisotopic (exact) mass is 357 g/mol. The maximum absolute atomic E-state index is 6.03. The van der Waals surface area contributed by atoms with Crippen LogP contribution in [0.2, 0.25) is 5.02 Å². The Morgan fingerprint density at radius 3 is 2.48 bits per heavy atom. The Bertz CT molecular complexity index is 858. The fourth-order valence-electron chi connectivity index (χ4n) is 2.14. The van der Waals surface area contributed by atoms with E-state index in [0.29, 0.717) is 28.2 Å². The quantitative estimate of drug-likeness (QED) is 0.689. The van der Waals surface area contributed by atoms with Crippen LogP contribution in [0, 0.1) is 0 Å². The van der Waals surface area contributed by atoms with Crippen LogP contribution in [-0.2, 0) is 0 Å². The van der Waals surface area contributed by atoms with E-state index in [0.717, 1.165) is 11.4 Å². The predicted octanol–water partition coefficient (Wildman–Crippen LogP) is 4.03. The van der Waals surface area contributed by atoms with Crippen LogP contribution in [0.15, 0.2) is 48.7 Å². The first-order valence-electron chi connectivity index (χ1n) is 7.39. The molecule has 0 amide bonds. The predicted molar refractivity (Wildman–Crippen MR) is 97.4 cm³/mol. The molecule has 2 N–H and O–H groups in total. The minimum Gasteiger partial charge on any atom is -0.497 e. The van der Waals surface area contributed by atoms with Crippen molar-refractivity contribution in [2.45, 2.75) is 0 Å². The number of nitrogens with zero attached hydrogens (tertiary/aromatic N) is 3. The van der Waals surface area contributed by atoms with Crippen molar-refractivity contribution >= 4 is 34.7 Å². The Labute approximate surface area is 150 Å². The summed E-state index contributed by atoms with van der Waals surface area (Å²) in [4.78, 5) is 4.39. The zero-order valence-corrected chi connectivity index (χ0v) is 14.4. The van der Waals surface area contributed by atoms with E-state index < -0.39 is 0 Å². The molecule has 1 aromatic heterocycles.